The van der Waals surface area contributed by atoms with Gasteiger partial charge in [0.1, 0.15) is 11.4 Å². The topological polar surface area (TPSA) is 36.3 Å². The Morgan fingerprint density at radius 3 is 2.28 bits per heavy atom. The summed E-state index contributed by atoms with van der Waals surface area (Å²) in [6, 6.07) is 6.96. The molecule has 0 saturated carbocycles. The van der Waals surface area contributed by atoms with E-state index in [1.807, 2.05) is 27.7 Å². The largest absolute Gasteiger partial charge is 0.376 e. The van der Waals surface area contributed by atoms with Crippen LogP contribution in [0.15, 0.2) is 55.4 Å². The molecule has 0 bridgehead atoms. The van der Waals surface area contributed by atoms with E-state index in [2.05, 4.69) is 87.2 Å². The summed E-state index contributed by atoms with van der Waals surface area (Å²) < 4.78 is 32.6. The zero-order valence-electron chi connectivity index (χ0n) is 30.8. The summed E-state index contributed by atoms with van der Waals surface area (Å²) in [4.78, 5) is 9.27. The average Bonchev–Trinajstić information content (AvgIpc) is 3.59. The van der Waals surface area contributed by atoms with E-state index in [9.17, 15) is 4.39 Å². The van der Waals surface area contributed by atoms with Gasteiger partial charge >= 0.3 is 0 Å². The molecule has 4 heterocycles. The number of aromatic nitrogens is 2. The number of aryl methyl sites for hydroxylation is 2. The number of pyridine rings is 1. The highest BCUT2D eigenvalue weighted by Crippen LogP contribution is 2.56. The van der Waals surface area contributed by atoms with Crippen LogP contribution in [0.3, 0.4) is 0 Å². The number of nitrogens with zero attached hydrogens (tertiary/aromatic N) is 4. The molecule has 2 aliphatic heterocycles. The monoisotopic (exact) mass is 647 g/mol. The lowest BCUT2D eigenvalue weighted by Gasteiger charge is -2.40. The van der Waals surface area contributed by atoms with Gasteiger partial charge in [-0.15, -0.1) is 0 Å². The van der Waals surface area contributed by atoms with Crippen LogP contribution >= 0.6 is 0 Å². The quantitative estimate of drug-likeness (QED) is 0.222. The fraction of sp³-hybridized carbons (Fsp3) is 0.525. The molecule has 1 saturated heterocycles. The molecule has 1 N–H and O–H groups in total. The van der Waals surface area contributed by atoms with E-state index in [1.165, 1.54) is 0 Å². The van der Waals surface area contributed by atoms with Crippen molar-refractivity contribution in [3.05, 3.63) is 89.4 Å². The highest BCUT2D eigenvalue weighted by Gasteiger charge is 2.54. The van der Waals surface area contributed by atoms with E-state index in [0.29, 0.717) is 13.0 Å². The summed E-state index contributed by atoms with van der Waals surface area (Å²) in [6.07, 6.45) is 5.40. The first-order valence-electron chi connectivity index (χ1n) is 17.6. The first kappa shape index (κ1) is 37.8. The number of likely N-dealkylation sites (tertiary alicyclic amines) is 1. The molecule has 1 unspecified atom stereocenters. The molecule has 3 aromatic rings. The predicted octanol–water partition coefficient (Wildman–Crippen LogP) is 11.0. The summed E-state index contributed by atoms with van der Waals surface area (Å²) in [7, 11) is 2.07. The van der Waals surface area contributed by atoms with Crippen LogP contribution in [-0.2, 0) is 25.0 Å². The SMILES string of the molecule is C=C(CC(C)(C)C)Nc1nc2cc(CN3C(=C)c4cc(F)cc(CC)c4C34CCN(C)C4=C)n(CCCCC)c2cc1F.CC.CC. The van der Waals surface area contributed by atoms with Crippen LogP contribution in [0.25, 0.3) is 16.7 Å². The number of allylic oxidation sites excluding steroid dienone is 1. The molecule has 0 radical (unpaired) electrons. The lowest BCUT2D eigenvalue weighted by molar-refractivity contribution is 0.206. The number of hydrogen-bond donors (Lipinski definition) is 1. The number of halogens is 2. The number of fused-ring (bicyclic) bond motifs is 3. The Morgan fingerprint density at radius 2 is 1.70 bits per heavy atom. The Bertz CT molecular complexity index is 1590. The van der Waals surface area contributed by atoms with Gasteiger partial charge in [-0.3, -0.25) is 0 Å². The lowest BCUT2D eigenvalue weighted by Crippen LogP contribution is -2.41. The summed E-state index contributed by atoms with van der Waals surface area (Å²) in [5.41, 5.74) is 7.54. The van der Waals surface area contributed by atoms with Crippen molar-refractivity contribution < 1.29 is 8.78 Å². The third-order valence-corrected chi connectivity index (χ3v) is 9.09. The molecule has 1 aromatic carbocycles. The van der Waals surface area contributed by atoms with Crippen molar-refractivity contribution in [3.63, 3.8) is 0 Å². The number of likely N-dealkylation sites (N-methyl/N-ethyl adjacent to an activating group) is 1. The molecule has 2 aromatic heterocycles. The van der Waals surface area contributed by atoms with Crippen LogP contribution in [0.4, 0.5) is 14.6 Å². The van der Waals surface area contributed by atoms with Gasteiger partial charge in [0.25, 0.3) is 0 Å². The number of rotatable bonds is 10. The van der Waals surface area contributed by atoms with E-state index in [4.69, 9.17) is 4.98 Å². The van der Waals surface area contributed by atoms with E-state index in [0.717, 1.165) is 95.7 Å². The first-order chi connectivity index (χ1) is 22.3. The van der Waals surface area contributed by atoms with E-state index >= 15 is 4.39 Å². The summed E-state index contributed by atoms with van der Waals surface area (Å²) in [5.74, 6) is -0.443. The van der Waals surface area contributed by atoms with Crippen molar-refractivity contribution in [2.45, 2.75) is 119 Å². The number of benzene rings is 1. The second-order valence-electron chi connectivity index (χ2n) is 13.5. The van der Waals surface area contributed by atoms with E-state index in [1.54, 1.807) is 18.2 Å². The molecule has 2 aliphatic rings. The zero-order valence-corrected chi connectivity index (χ0v) is 30.8. The van der Waals surface area contributed by atoms with Crippen LogP contribution in [0.2, 0.25) is 0 Å². The minimum absolute atomic E-state index is 0.0188. The van der Waals surface area contributed by atoms with Crippen LogP contribution in [0.1, 0.15) is 117 Å². The van der Waals surface area contributed by atoms with Crippen LogP contribution in [0.5, 0.6) is 0 Å². The molecule has 258 valence electrons. The molecule has 47 heavy (non-hydrogen) atoms. The van der Waals surface area contributed by atoms with Crippen molar-refractivity contribution in [3.8, 4) is 0 Å². The molecule has 0 aliphatic carbocycles. The summed E-state index contributed by atoms with van der Waals surface area (Å²) >= 11 is 0. The Kier molecular flexibility index (Phi) is 12.5. The molecular weight excluding hydrogens is 588 g/mol. The molecule has 0 amide bonds. The minimum atomic E-state index is -0.513. The molecular formula is C40H59F2N5. The van der Waals surface area contributed by atoms with Gasteiger partial charge in [0.15, 0.2) is 11.6 Å². The average molecular weight is 648 g/mol. The van der Waals surface area contributed by atoms with Gasteiger partial charge in [0.2, 0.25) is 0 Å². The van der Waals surface area contributed by atoms with Crippen LogP contribution in [-0.4, -0.2) is 32.9 Å². The van der Waals surface area contributed by atoms with E-state index in [-0.39, 0.29) is 17.1 Å². The zero-order chi connectivity index (χ0) is 35.3. The number of anilines is 1. The molecule has 5 rings (SSSR count). The number of unbranched alkanes of at least 4 members (excludes halogenated alkanes) is 2. The molecule has 1 spiro atoms. The Balaban J connectivity index is 0.00000144. The lowest BCUT2D eigenvalue weighted by atomic mass is 9.82. The highest BCUT2D eigenvalue weighted by atomic mass is 19.1. The van der Waals surface area contributed by atoms with Crippen molar-refractivity contribution in [1.29, 1.82) is 0 Å². The Hall–Kier alpha value is -3.61. The fourth-order valence-corrected chi connectivity index (χ4v) is 7.11. The van der Waals surface area contributed by atoms with Crippen LogP contribution in [0, 0.1) is 17.0 Å². The van der Waals surface area contributed by atoms with Crippen molar-refractivity contribution in [2.24, 2.45) is 5.41 Å². The standard InChI is InChI=1S/C36H47F2N5.2C2H6/c1-10-12-13-15-42-28(19-31-32(42)20-30(38)34(40-31)39-23(3)21-35(6,7)8)22-43-24(4)29-18-27(37)17-26(11-2)33(29)36(43)14-16-41(9)25(36)5;2*1-2/h17-20H,3-5,10-16,21-22H2,1-2,6-9H3,(H,39,40);2*1-2H3. The maximum absolute atomic E-state index is 15.5. The normalized spacial score (nSPS) is 17.1. The van der Waals surface area contributed by atoms with Gasteiger partial charge in [-0.1, -0.05) is 94.9 Å². The Morgan fingerprint density at radius 1 is 1.02 bits per heavy atom. The molecule has 5 nitrogen and oxygen atoms in total. The van der Waals surface area contributed by atoms with Gasteiger partial charge < -0.3 is 19.7 Å². The number of hydrogen-bond acceptors (Lipinski definition) is 4. The number of nitrogens with one attached hydrogen (secondary N) is 1. The Labute approximate surface area is 283 Å². The van der Waals surface area contributed by atoms with Gasteiger partial charge in [-0.05, 0) is 60.4 Å². The first-order valence-corrected chi connectivity index (χ1v) is 17.6. The second-order valence-corrected chi connectivity index (χ2v) is 13.5. The van der Waals surface area contributed by atoms with Gasteiger partial charge in [-0.25, -0.2) is 13.8 Å². The summed E-state index contributed by atoms with van der Waals surface area (Å²) in [5, 5.41) is 3.13. The van der Waals surface area contributed by atoms with Crippen molar-refractivity contribution in [1.82, 2.24) is 19.4 Å². The van der Waals surface area contributed by atoms with Gasteiger partial charge in [-0.2, -0.15) is 0 Å². The second kappa shape index (κ2) is 15.5. The minimum Gasteiger partial charge on any atom is -0.376 e. The fourth-order valence-electron chi connectivity index (χ4n) is 7.11. The van der Waals surface area contributed by atoms with Crippen molar-refractivity contribution >= 4 is 22.5 Å². The van der Waals surface area contributed by atoms with Gasteiger partial charge in [0.05, 0.1) is 17.6 Å². The summed E-state index contributed by atoms with van der Waals surface area (Å²) in [6.45, 7) is 34.0. The van der Waals surface area contributed by atoms with Gasteiger partial charge in [0, 0.05) is 54.6 Å². The molecule has 1 fully saturated rings. The molecule has 1 atom stereocenters. The maximum Gasteiger partial charge on any atom is 0.167 e. The maximum atomic E-state index is 15.5. The van der Waals surface area contributed by atoms with E-state index < -0.39 is 11.4 Å². The van der Waals surface area contributed by atoms with Crippen molar-refractivity contribution in [2.75, 3.05) is 18.9 Å². The highest BCUT2D eigenvalue weighted by molar-refractivity contribution is 5.80. The predicted molar refractivity (Wildman–Crippen MR) is 197 cm³/mol. The molecule has 7 heteroatoms. The smallest absolute Gasteiger partial charge is 0.167 e. The third-order valence-electron chi connectivity index (χ3n) is 9.09. The van der Waals surface area contributed by atoms with Crippen LogP contribution < -0.4 is 5.32 Å². The third kappa shape index (κ3) is 7.44.